The predicted molar refractivity (Wildman–Crippen MR) is 39.9 cm³/mol. The smallest absolute Gasteiger partial charge is 0.306 e. The van der Waals surface area contributed by atoms with Gasteiger partial charge in [0.2, 0.25) is 0 Å². The van der Waals surface area contributed by atoms with Gasteiger partial charge in [0.1, 0.15) is 0 Å². The van der Waals surface area contributed by atoms with E-state index in [0.717, 1.165) is 0 Å². The number of rotatable bonds is 4. The van der Waals surface area contributed by atoms with Crippen LogP contribution in [0.3, 0.4) is 0 Å². The molecule has 0 aliphatic carbocycles. The Hall–Kier alpha value is -1.22. The van der Waals surface area contributed by atoms with Gasteiger partial charge in [-0.15, -0.1) is 0 Å². The van der Waals surface area contributed by atoms with Gasteiger partial charge in [0.15, 0.2) is 0 Å². The Morgan fingerprint density at radius 1 is 1.82 bits per heavy atom. The van der Waals surface area contributed by atoms with Gasteiger partial charge in [0.05, 0.1) is 13.0 Å². The lowest BCUT2D eigenvalue weighted by Crippen LogP contribution is -2.10. The van der Waals surface area contributed by atoms with Gasteiger partial charge in [-0.05, 0) is 12.5 Å². The van der Waals surface area contributed by atoms with Gasteiger partial charge in [0.25, 0.3) is 0 Å². The predicted octanol–water partition coefficient (Wildman–Crippen LogP) is 1.64. The zero-order chi connectivity index (χ0) is 8.69. The van der Waals surface area contributed by atoms with Gasteiger partial charge >= 0.3 is 5.97 Å². The third-order valence-corrected chi connectivity index (χ3v) is 1.02. The van der Waals surface area contributed by atoms with Crippen molar-refractivity contribution in [3.8, 4) is 0 Å². The van der Waals surface area contributed by atoms with Gasteiger partial charge in [-0.3, -0.25) is 4.79 Å². The number of carbonyl (C=O) groups is 1. The quantitative estimate of drug-likeness (QED) is 0.269. The third kappa shape index (κ3) is 5.24. The lowest BCUT2D eigenvalue weighted by Gasteiger charge is -2.02. The minimum absolute atomic E-state index is 0.151. The Morgan fingerprint density at radius 3 is 2.91 bits per heavy atom. The van der Waals surface area contributed by atoms with Crippen LogP contribution < -0.4 is 0 Å². The van der Waals surface area contributed by atoms with E-state index < -0.39 is 0 Å². The Bertz CT molecular complexity index is 175. The molecule has 0 aromatic heterocycles. The molecule has 5 heteroatoms. The average Bonchev–Trinajstić information content (AvgIpc) is 1.87. The molecule has 0 saturated carbocycles. The van der Waals surface area contributed by atoms with E-state index in [1.807, 2.05) is 0 Å². The first kappa shape index (κ1) is 9.78. The first-order valence-corrected chi connectivity index (χ1v) is 3.40. The normalized spacial score (nSPS) is 11.5. The number of azide groups is 1. The van der Waals surface area contributed by atoms with E-state index in [9.17, 15) is 4.79 Å². The molecule has 62 valence electrons. The van der Waals surface area contributed by atoms with Crippen LogP contribution in [0.25, 0.3) is 10.4 Å². The van der Waals surface area contributed by atoms with Crippen molar-refractivity contribution in [2.45, 2.75) is 26.3 Å². The zero-order valence-electron chi connectivity index (χ0n) is 6.65. The standard InChI is InChI=1S/C6H11N3O2/c1-3-11-6(10)4-5(2)8-9-7/h5H,3-4H2,1-2H3/t5-/m1/s1. The summed E-state index contributed by atoms with van der Waals surface area (Å²) in [6.07, 6.45) is 0.151. The van der Waals surface area contributed by atoms with E-state index in [0.29, 0.717) is 6.61 Å². The van der Waals surface area contributed by atoms with Crippen molar-refractivity contribution in [2.24, 2.45) is 5.11 Å². The number of nitrogens with zero attached hydrogens (tertiary/aromatic N) is 3. The highest BCUT2D eigenvalue weighted by molar-refractivity contribution is 5.70. The molecule has 0 aliphatic rings. The van der Waals surface area contributed by atoms with E-state index >= 15 is 0 Å². The van der Waals surface area contributed by atoms with Crippen LogP contribution in [0.2, 0.25) is 0 Å². The second kappa shape index (κ2) is 5.56. The fraction of sp³-hybridized carbons (Fsp3) is 0.833. The Balaban J connectivity index is 3.65. The summed E-state index contributed by atoms with van der Waals surface area (Å²) in [5.74, 6) is -0.326. The van der Waals surface area contributed by atoms with Crippen LogP contribution in [-0.4, -0.2) is 18.6 Å². The summed E-state index contributed by atoms with van der Waals surface area (Å²) in [4.78, 5) is 13.3. The second-order valence-electron chi connectivity index (χ2n) is 2.06. The fourth-order valence-electron chi connectivity index (χ4n) is 0.590. The van der Waals surface area contributed by atoms with Crippen molar-refractivity contribution in [3.05, 3.63) is 10.4 Å². The van der Waals surface area contributed by atoms with Crippen molar-refractivity contribution in [3.63, 3.8) is 0 Å². The Morgan fingerprint density at radius 2 is 2.45 bits per heavy atom. The number of hydrogen-bond acceptors (Lipinski definition) is 3. The SMILES string of the molecule is CCOC(=O)C[C@@H](C)N=[N+]=[N-]. The van der Waals surface area contributed by atoms with Crippen LogP contribution >= 0.6 is 0 Å². The topological polar surface area (TPSA) is 75.1 Å². The van der Waals surface area contributed by atoms with E-state index in [2.05, 4.69) is 14.8 Å². The summed E-state index contributed by atoms with van der Waals surface area (Å²) in [6.45, 7) is 3.76. The van der Waals surface area contributed by atoms with E-state index in [1.165, 1.54) is 0 Å². The second-order valence-corrected chi connectivity index (χ2v) is 2.06. The van der Waals surface area contributed by atoms with Crippen LogP contribution in [0.4, 0.5) is 0 Å². The zero-order valence-corrected chi connectivity index (χ0v) is 6.65. The summed E-state index contributed by atoms with van der Waals surface area (Å²) in [5, 5.41) is 3.33. The summed E-state index contributed by atoms with van der Waals surface area (Å²) in [6, 6.07) is -0.320. The lowest BCUT2D eigenvalue weighted by atomic mass is 10.2. The van der Waals surface area contributed by atoms with Gasteiger partial charge < -0.3 is 4.74 Å². The molecule has 0 rings (SSSR count). The summed E-state index contributed by atoms with van der Waals surface area (Å²) < 4.78 is 4.64. The first-order chi connectivity index (χ1) is 5.20. The molecule has 1 atom stereocenters. The van der Waals surface area contributed by atoms with Crippen LogP contribution in [0.15, 0.2) is 5.11 Å². The van der Waals surface area contributed by atoms with Gasteiger partial charge in [-0.2, -0.15) is 0 Å². The number of ether oxygens (including phenoxy) is 1. The van der Waals surface area contributed by atoms with E-state index in [-0.39, 0.29) is 18.4 Å². The molecule has 5 nitrogen and oxygen atoms in total. The lowest BCUT2D eigenvalue weighted by molar-refractivity contribution is -0.143. The fourth-order valence-corrected chi connectivity index (χ4v) is 0.590. The van der Waals surface area contributed by atoms with Gasteiger partial charge in [0, 0.05) is 11.0 Å². The summed E-state index contributed by atoms with van der Waals surface area (Å²) in [5.41, 5.74) is 7.99. The van der Waals surface area contributed by atoms with Crippen LogP contribution in [0.1, 0.15) is 20.3 Å². The van der Waals surface area contributed by atoms with Gasteiger partial charge in [-0.25, -0.2) is 0 Å². The van der Waals surface area contributed by atoms with Crippen LogP contribution in [0.5, 0.6) is 0 Å². The third-order valence-electron chi connectivity index (χ3n) is 1.02. The Labute approximate surface area is 65.0 Å². The molecule has 0 aromatic rings. The molecule has 11 heavy (non-hydrogen) atoms. The molecular formula is C6H11N3O2. The van der Waals surface area contributed by atoms with Crippen molar-refractivity contribution in [1.82, 2.24) is 0 Å². The Kier molecular flexibility index (Phi) is 4.94. The van der Waals surface area contributed by atoms with Crippen LogP contribution in [0, 0.1) is 0 Å². The molecule has 0 aliphatic heterocycles. The number of hydrogen-bond donors (Lipinski definition) is 0. The molecule has 0 amide bonds. The largest absolute Gasteiger partial charge is 0.466 e. The molecule has 0 heterocycles. The summed E-state index contributed by atoms with van der Waals surface area (Å²) in [7, 11) is 0. The number of carbonyl (C=O) groups excluding carboxylic acids is 1. The highest BCUT2D eigenvalue weighted by Gasteiger charge is 2.06. The molecular weight excluding hydrogens is 146 g/mol. The molecule has 0 aromatic carbocycles. The molecule has 0 fully saturated rings. The molecule has 0 N–H and O–H groups in total. The van der Waals surface area contributed by atoms with Gasteiger partial charge in [-0.1, -0.05) is 12.0 Å². The van der Waals surface area contributed by atoms with Crippen molar-refractivity contribution in [1.29, 1.82) is 0 Å². The molecule has 0 radical (unpaired) electrons. The maximum Gasteiger partial charge on any atom is 0.306 e. The van der Waals surface area contributed by atoms with E-state index in [4.69, 9.17) is 5.53 Å². The highest BCUT2D eigenvalue weighted by atomic mass is 16.5. The van der Waals surface area contributed by atoms with Crippen molar-refractivity contribution in [2.75, 3.05) is 6.61 Å². The minimum atomic E-state index is -0.326. The highest BCUT2D eigenvalue weighted by Crippen LogP contribution is 1.98. The minimum Gasteiger partial charge on any atom is -0.466 e. The maximum absolute atomic E-state index is 10.7. The average molecular weight is 157 g/mol. The van der Waals surface area contributed by atoms with E-state index in [1.54, 1.807) is 13.8 Å². The van der Waals surface area contributed by atoms with Crippen molar-refractivity contribution >= 4 is 5.97 Å². The van der Waals surface area contributed by atoms with Crippen molar-refractivity contribution < 1.29 is 9.53 Å². The maximum atomic E-state index is 10.7. The first-order valence-electron chi connectivity index (χ1n) is 3.40. The number of esters is 1. The molecule has 0 saturated heterocycles. The van der Waals surface area contributed by atoms with Crippen LogP contribution in [-0.2, 0) is 9.53 Å². The summed E-state index contributed by atoms with van der Waals surface area (Å²) >= 11 is 0. The molecule has 0 unspecified atom stereocenters. The monoisotopic (exact) mass is 157 g/mol. The molecule has 0 bridgehead atoms. The molecule has 0 spiro atoms.